The lowest BCUT2D eigenvalue weighted by atomic mass is 10.0. The van der Waals surface area contributed by atoms with E-state index in [0.29, 0.717) is 11.7 Å². The highest BCUT2D eigenvalue weighted by molar-refractivity contribution is 8.00. The monoisotopic (exact) mass is 347 g/mol. The van der Waals surface area contributed by atoms with Gasteiger partial charge in [0.05, 0.1) is 12.1 Å². The largest absolute Gasteiger partial charge is 0.311 e. The number of anilines is 1. The zero-order valence-electron chi connectivity index (χ0n) is 14.3. The van der Waals surface area contributed by atoms with E-state index in [4.69, 9.17) is 0 Å². The van der Waals surface area contributed by atoms with E-state index in [0.717, 1.165) is 24.2 Å². The van der Waals surface area contributed by atoms with Crippen molar-refractivity contribution in [3.8, 4) is 0 Å². The van der Waals surface area contributed by atoms with E-state index in [9.17, 15) is 4.79 Å². The van der Waals surface area contributed by atoms with Crippen LogP contribution in [-0.4, -0.2) is 17.7 Å². The first-order valence-corrected chi connectivity index (χ1v) is 9.63. The molecule has 4 rings (SSSR count). The van der Waals surface area contributed by atoms with Crippen molar-refractivity contribution in [3.63, 3.8) is 0 Å². The molecule has 0 aromatic heterocycles. The topological polar surface area (TPSA) is 20.3 Å². The summed E-state index contributed by atoms with van der Waals surface area (Å²) in [4.78, 5) is 16.3. The van der Waals surface area contributed by atoms with Crippen LogP contribution >= 0.6 is 11.8 Å². The van der Waals surface area contributed by atoms with Crippen LogP contribution in [0.25, 0.3) is 10.8 Å². The highest BCUT2D eigenvalue weighted by atomic mass is 32.2. The minimum Gasteiger partial charge on any atom is -0.311 e. The number of rotatable bonds is 2. The molecule has 0 N–H and O–H groups in total. The number of thioether (sulfide) groups is 1. The predicted molar refractivity (Wildman–Crippen MR) is 106 cm³/mol. The first kappa shape index (κ1) is 16.2. The average molecular weight is 347 g/mol. The molecular formula is C22H21NOS. The van der Waals surface area contributed by atoms with E-state index < -0.39 is 0 Å². The zero-order valence-corrected chi connectivity index (χ0v) is 15.1. The summed E-state index contributed by atoms with van der Waals surface area (Å²) in [7, 11) is 0. The van der Waals surface area contributed by atoms with E-state index >= 15 is 0 Å². The van der Waals surface area contributed by atoms with Crippen LogP contribution in [0.5, 0.6) is 0 Å². The van der Waals surface area contributed by atoms with Gasteiger partial charge in [0.25, 0.3) is 0 Å². The maximum atomic E-state index is 13.2. The quantitative estimate of drug-likeness (QED) is 0.627. The molecule has 3 aromatic rings. The zero-order chi connectivity index (χ0) is 17.2. The molecule has 3 heteroatoms. The third kappa shape index (κ3) is 3.29. The molecule has 0 radical (unpaired) electrons. The molecule has 1 atom stereocenters. The third-order valence-corrected chi connectivity index (χ3v) is 6.00. The maximum Gasteiger partial charge on any atom is 0.231 e. The van der Waals surface area contributed by atoms with Gasteiger partial charge in [-0.1, -0.05) is 61.5 Å². The van der Waals surface area contributed by atoms with Gasteiger partial charge in [0, 0.05) is 16.7 Å². The lowest BCUT2D eigenvalue weighted by Crippen LogP contribution is -2.33. The molecule has 0 aliphatic carbocycles. The highest BCUT2D eigenvalue weighted by Crippen LogP contribution is 2.37. The number of benzene rings is 3. The van der Waals surface area contributed by atoms with Crippen LogP contribution in [0.4, 0.5) is 5.69 Å². The Morgan fingerprint density at radius 1 is 1.04 bits per heavy atom. The molecule has 3 aromatic carbocycles. The Balaban J connectivity index is 1.67. The summed E-state index contributed by atoms with van der Waals surface area (Å²) in [5.41, 5.74) is 2.16. The van der Waals surface area contributed by atoms with Crippen LogP contribution in [0.1, 0.15) is 18.9 Å². The molecule has 25 heavy (non-hydrogen) atoms. The van der Waals surface area contributed by atoms with Crippen molar-refractivity contribution in [2.45, 2.75) is 29.9 Å². The number of amides is 1. The number of fused-ring (bicyclic) bond motifs is 2. The van der Waals surface area contributed by atoms with Crippen molar-refractivity contribution in [3.05, 3.63) is 72.3 Å². The van der Waals surface area contributed by atoms with Crippen LogP contribution in [0.3, 0.4) is 0 Å². The second kappa shape index (κ2) is 6.93. The minimum atomic E-state index is 0.179. The Labute approximate surface area is 152 Å². The van der Waals surface area contributed by atoms with Gasteiger partial charge in [0.1, 0.15) is 0 Å². The smallest absolute Gasteiger partial charge is 0.231 e. The Bertz CT molecular complexity index is 915. The minimum absolute atomic E-state index is 0.179. The number of nitrogens with zero attached hydrogens (tertiary/aromatic N) is 1. The van der Waals surface area contributed by atoms with Gasteiger partial charge >= 0.3 is 0 Å². The molecule has 1 aliphatic rings. The summed E-state index contributed by atoms with van der Waals surface area (Å²) in [6, 6.07) is 22.8. The van der Waals surface area contributed by atoms with E-state index in [1.54, 1.807) is 0 Å². The molecule has 0 saturated carbocycles. The third-order valence-electron chi connectivity index (χ3n) is 4.77. The van der Waals surface area contributed by atoms with Gasteiger partial charge in [-0.25, -0.2) is 0 Å². The summed E-state index contributed by atoms with van der Waals surface area (Å²) in [6.45, 7) is 3.02. The van der Waals surface area contributed by atoms with Crippen LogP contribution in [0.15, 0.2) is 71.6 Å². The van der Waals surface area contributed by atoms with Crippen LogP contribution < -0.4 is 4.90 Å². The van der Waals surface area contributed by atoms with Crippen molar-refractivity contribution in [1.82, 2.24) is 0 Å². The summed E-state index contributed by atoms with van der Waals surface area (Å²) in [5.74, 6) is 0.179. The summed E-state index contributed by atoms with van der Waals surface area (Å²) < 4.78 is 0. The molecule has 1 heterocycles. The first-order valence-electron chi connectivity index (χ1n) is 8.75. The molecular weight excluding hydrogens is 326 g/mol. The van der Waals surface area contributed by atoms with Crippen molar-refractivity contribution in [2.24, 2.45) is 0 Å². The SMILES string of the molecule is CC1CCN(C(=O)Cc2cccc3ccccc23)c2ccccc2S1. The van der Waals surface area contributed by atoms with Crippen LogP contribution in [-0.2, 0) is 11.2 Å². The summed E-state index contributed by atoms with van der Waals surface area (Å²) >= 11 is 1.87. The number of hydrogen-bond donors (Lipinski definition) is 0. The van der Waals surface area contributed by atoms with Gasteiger partial charge in [0.15, 0.2) is 0 Å². The van der Waals surface area contributed by atoms with E-state index in [2.05, 4.69) is 49.4 Å². The number of carbonyl (C=O) groups excluding carboxylic acids is 1. The second-order valence-corrected chi connectivity index (χ2v) is 8.03. The lowest BCUT2D eigenvalue weighted by molar-refractivity contribution is -0.118. The van der Waals surface area contributed by atoms with E-state index in [-0.39, 0.29) is 5.91 Å². The molecule has 0 saturated heterocycles. The lowest BCUT2D eigenvalue weighted by Gasteiger charge is -2.23. The summed E-state index contributed by atoms with van der Waals surface area (Å²) in [6.07, 6.45) is 1.45. The normalized spacial score (nSPS) is 17.2. The number of hydrogen-bond acceptors (Lipinski definition) is 2. The predicted octanol–water partition coefficient (Wildman–Crippen LogP) is 5.30. The molecule has 1 aliphatic heterocycles. The first-order chi connectivity index (χ1) is 12.2. The molecule has 1 amide bonds. The van der Waals surface area contributed by atoms with Gasteiger partial charge in [-0.05, 0) is 34.9 Å². The van der Waals surface area contributed by atoms with Gasteiger partial charge in [0.2, 0.25) is 5.91 Å². The molecule has 1 unspecified atom stereocenters. The second-order valence-electron chi connectivity index (χ2n) is 6.55. The standard InChI is InChI=1S/C22H21NOS/c1-16-13-14-23(20-11-4-5-12-21(20)25-16)22(24)15-18-9-6-8-17-7-2-3-10-19(17)18/h2-12,16H,13-15H2,1H3. The van der Waals surface area contributed by atoms with Crippen LogP contribution in [0, 0.1) is 0 Å². The van der Waals surface area contributed by atoms with Gasteiger partial charge in [-0.15, -0.1) is 11.8 Å². The average Bonchev–Trinajstić information content (AvgIpc) is 2.80. The van der Waals surface area contributed by atoms with Crippen molar-refractivity contribution < 1.29 is 4.79 Å². The molecule has 126 valence electrons. The Morgan fingerprint density at radius 3 is 2.72 bits per heavy atom. The van der Waals surface area contributed by atoms with Gasteiger partial charge < -0.3 is 4.90 Å². The van der Waals surface area contributed by atoms with Crippen molar-refractivity contribution >= 4 is 34.1 Å². The Kier molecular flexibility index (Phi) is 4.50. The molecule has 2 nitrogen and oxygen atoms in total. The van der Waals surface area contributed by atoms with E-state index in [1.165, 1.54) is 15.7 Å². The van der Waals surface area contributed by atoms with Crippen molar-refractivity contribution in [2.75, 3.05) is 11.4 Å². The summed E-state index contributed by atoms with van der Waals surface area (Å²) in [5, 5.41) is 2.88. The van der Waals surface area contributed by atoms with Crippen molar-refractivity contribution in [1.29, 1.82) is 0 Å². The fourth-order valence-corrected chi connectivity index (χ4v) is 4.56. The van der Waals surface area contributed by atoms with Gasteiger partial charge in [-0.3, -0.25) is 4.79 Å². The molecule has 0 bridgehead atoms. The molecule has 0 spiro atoms. The number of carbonyl (C=O) groups is 1. The van der Waals surface area contributed by atoms with Gasteiger partial charge in [-0.2, -0.15) is 0 Å². The fraction of sp³-hybridized carbons (Fsp3) is 0.227. The van der Waals surface area contributed by atoms with Crippen LogP contribution in [0.2, 0.25) is 0 Å². The highest BCUT2D eigenvalue weighted by Gasteiger charge is 2.24. The maximum absolute atomic E-state index is 13.2. The number of para-hydroxylation sites is 1. The fourth-order valence-electron chi connectivity index (χ4n) is 3.45. The Hall–Kier alpha value is -2.26. The van der Waals surface area contributed by atoms with E-state index in [1.807, 2.05) is 40.9 Å². The molecule has 0 fully saturated rings. The Morgan fingerprint density at radius 2 is 1.80 bits per heavy atom.